The van der Waals surface area contributed by atoms with Crippen molar-refractivity contribution in [1.82, 2.24) is 0 Å². The van der Waals surface area contributed by atoms with Crippen LogP contribution in [0.1, 0.15) is 19.8 Å². The first-order valence-electron chi connectivity index (χ1n) is 5.46. The molecule has 1 aromatic rings. The lowest BCUT2D eigenvalue weighted by atomic mass is 10.3. The molecule has 0 aliphatic carbocycles. The minimum absolute atomic E-state index is 0.120. The van der Waals surface area contributed by atoms with Crippen LogP contribution in [0.5, 0.6) is 0 Å². The molecule has 0 atom stereocenters. The van der Waals surface area contributed by atoms with Gasteiger partial charge in [-0.3, -0.25) is 4.79 Å². The van der Waals surface area contributed by atoms with E-state index in [1.807, 2.05) is 29.5 Å². The Labute approximate surface area is 114 Å². The Morgan fingerprint density at radius 2 is 2.24 bits per heavy atom. The van der Waals surface area contributed by atoms with Crippen LogP contribution in [0.3, 0.4) is 0 Å². The second-order valence-corrected chi connectivity index (χ2v) is 4.70. The Hall–Kier alpha value is -0.690. The Bertz CT molecular complexity index is 385. The maximum absolute atomic E-state index is 12.8. The quantitative estimate of drug-likeness (QED) is 0.632. The summed E-state index contributed by atoms with van der Waals surface area (Å²) in [7, 11) is 0. The summed E-state index contributed by atoms with van der Waals surface area (Å²) in [4.78, 5) is 11.5. The number of ether oxygens (including phenoxy) is 1. The molecule has 3 nitrogen and oxygen atoms in total. The molecule has 0 saturated carbocycles. The molecule has 17 heavy (non-hydrogen) atoms. The number of nitrogens with one attached hydrogen (secondary N) is 1. The molecular weight excluding hydrogens is 336 g/mol. The SMILES string of the molecule is CCCOCCC(=O)Nc1ccc(F)cc1I. The second-order valence-electron chi connectivity index (χ2n) is 3.53. The fourth-order valence-corrected chi connectivity index (χ4v) is 1.83. The van der Waals surface area contributed by atoms with Crippen molar-refractivity contribution in [2.45, 2.75) is 19.8 Å². The lowest BCUT2D eigenvalue weighted by Crippen LogP contribution is -2.15. The van der Waals surface area contributed by atoms with E-state index in [4.69, 9.17) is 4.74 Å². The number of carbonyl (C=O) groups is 1. The van der Waals surface area contributed by atoms with Crippen LogP contribution in [0.4, 0.5) is 10.1 Å². The second kappa shape index (κ2) is 7.60. The van der Waals surface area contributed by atoms with Crippen molar-refractivity contribution in [2.75, 3.05) is 18.5 Å². The summed E-state index contributed by atoms with van der Waals surface area (Å²) in [5.74, 6) is -0.427. The predicted octanol–water partition coefficient (Wildman–Crippen LogP) is 3.19. The predicted molar refractivity (Wildman–Crippen MR) is 73.5 cm³/mol. The monoisotopic (exact) mass is 351 g/mol. The van der Waals surface area contributed by atoms with Gasteiger partial charge < -0.3 is 10.1 Å². The molecule has 1 amide bonds. The first kappa shape index (κ1) is 14.4. The largest absolute Gasteiger partial charge is 0.381 e. The van der Waals surface area contributed by atoms with Crippen molar-refractivity contribution >= 4 is 34.2 Å². The van der Waals surface area contributed by atoms with Crippen LogP contribution in [-0.4, -0.2) is 19.1 Å². The molecule has 0 fully saturated rings. The van der Waals surface area contributed by atoms with E-state index in [0.717, 1.165) is 6.42 Å². The zero-order valence-corrected chi connectivity index (χ0v) is 11.8. The molecule has 1 aromatic carbocycles. The maximum atomic E-state index is 12.8. The van der Waals surface area contributed by atoms with Gasteiger partial charge in [0.15, 0.2) is 0 Å². The van der Waals surface area contributed by atoms with Crippen molar-refractivity contribution in [1.29, 1.82) is 0 Å². The molecule has 0 heterocycles. The smallest absolute Gasteiger partial charge is 0.226 e. The third-order valence-corrected chi connectivity index (χ3v) is 2.92. The number of carbonyl (C=O) groups excluding carboxylic acids is 1. The van der Waals surface area contributed by atoms with Gasteiger partial charge >= 0.3 is 0 Å². The summed E-state index contributed by atoms with van der Waals surface area (Å²) in [6.07, 6.45) is 1.25. The van der Waals surface area contributed by atoms with Crippen molar-refractivity contribution in [3.8, 4) is 0 Å². The first-order chi connectivity index (χ1) is 8.13. The summed E-state index contributed by atoms with van der Waals surface area (Å²) in [6, 6.07) is 4.26. The van der Waals surface area contributed by atoms with E-state index >= 15 is 0 Å². The van der Waals surface area contributed by atoms with Crippen LogP contribution in [0.2, 0.25) is 0 Å². The van der Waals surface area contributed by atoms with Gasteiger partial charge in [-0.2, -0.15) is 0 Å². The summed E-state index contributed by atoms with van der Waals surface area (Å²) < 4.78 is 18.7. The van der Waals surface area contributed by atoms with Crippen molar-refractivity contribution < 1.29 is 13.9 Å². The Morgan fingerprint density at radius 3 is 2.88 bits per heavy atom. The Kier molecular flexibility index (Phi) is 6.43. The molecule has 1 rings (SSSR count). The van der Waals surface area contributed by atoms with Crippen LogP contribution >= 0.6 is 22.6 Å². The van der Waals surface area contributed by atoms with Crippen LogP contribution in [0.25, 0.3) is 0 Å². The van der Waals surface area contributed by atoms with Gasteiger partial charge in [-0.05, 0) is 47.2 Å². The lowest BCUT2D eigenvalue weighted by Gasteiger charge is -2.07. The standard InChI is InChI=1S/C12H15FINO2/c1-2-6-17-7-5-12(16)15-11-4-3-9(13)8-10(11)14/h3-4,8H,2,5-7H2,1H3,(H,15,16). The summed E-state index contributed by atoms with van der Waals surface area (Å²) in [5.41, 5.74) is 0.632. The molecule has 94 valence electrons. The Morgan fingerprint density at radius 1 is 1.47 bits per heavy atom. The van der Waals surface area contributed by atoms with Gasteiger partial charge in [0.1, 0.15) is 5.82 Å². The zero-order chi connectivity index (χ0) is 12.7. The van der Waals surface area contributed by atoms with Crippen LogP contribution in [-0.2, 0) is 9.53 Å². The number of amides is 1. The fourth-order valence-electron chi connectivity index (χ4n) is 1.21. The first-order valence-corrected chi connectivity index (χ1v) is 6.54. The number of halogens is 2. The average Bonchev–Trinajstić information content (AvgIpc) is 2.28. The van der Waals surface area contributed by atoms with Crippen molar-refractivity contribution in [3.63, 3.8) is 0 Å². The summed E-state index contributed by atoms with van der Waals surface area (Å²) in [5, 5.41) is 2.72. The highest BCUT2D eigenvalue weighted by Crippen LogP contribution is 2.19. The zero-order valence-electron chi connectivity index (χ0n) is 9.63. The van der Waals surface area contributed by atoms with Crippen LogP contribution in [0, 0.1) is 9.39 Å². The summed E-state index contributed by atoms with van der Waals surface area (Å²) in [6.45, 7) is 3.10. The van der Waals surface area contributed by atoms with Gasteiger partial charge in [-0.25, -0.2) is 4.39 Å². The molecule has 5 heteroatoms. The molecule has 0 spiro atoms. The van der Waals surface area contributed by atoms with E-state index in [1.54, 1.807) is 6.07 Å². The van der Waals surface area contributed by atoms with Gasteiger partial charge in [-0.15, -0.1) is 0 Å². The highest BCUT2D eigenvalue weighted by molar-refractivity contribution is 14.1. The molecule has 0 bridgehead atoms. The van der Waals surface area contributed by atoms with E-state index in [2.05, 4.69) is 5.32 Å². The number of hydrogen-bond donors (Lipinski definition) is 1. The number of anilines is 1. The molecular formula is C12H15FINO2. The van der Waals surface area contributed by atoms with Gasteiger partial charge in [0.2, 0.25) is 5.91 Å². The Balaban J connectivity index is 2.40. The van der Waals surface area contributed by atoms with Crippen molar-refractivity contribution in [3.05, 3.63) is 27.6 Å². The van der Waals surface area contributed by atoms with Gasteiger partial charge in [-0.1, -0.05) is 6.92 Å². The lowest BCUT2D eigenvalue weighted by molar-refractivity contribution is -0.117. The third kappa shape index (κ3) is 5.45. The highest BCUT2D eigenvalue weighted by Gasteiger charge is 2.06. The van der Waals surface area contributed by atoms with E-state index in [-0.39, 0.29) is 11.7 Å². The van der Waals surface area contributed by atoms with E-state index in [9.17, 15) is 9.18 Å². The molecule has 0 aliphatic rings. The van der Waals surface area contributed by atoms with Crippen LogP contribution in [0.15, 0.2) is 18.2 Å². The number of hydrogen-bond acceptors (Lipinski definition) is 2. The number of rotatable bonds is 6. The minimum Gasteiger partial charge on any atom is -0.381 e. The molecule has 0 aliphatic heterocycles. The number of benzene rings is 1. The normalized spacial score (nSPS) is 10.3. The van der Waals surface area contributed by atoms with E-state index in [0.29, 0.717) is 28.9 Å². The van der Waals surface area contributed by atoms with Gasteiger partial charge in [0.05, 0.1) is 18.7 Å². The highest BCUT2D eigenvalue weighted by atomic mass is 127. The maximum Gasteiger partial charge on any atom is 0.226 e. The van der Waals surface area contributed by atoms with Gasteiger partial charge in [0, 0.05) is 10.2 Å². The van der Waals surface area contributed by atoms with Crippen molar-refractivity contribution in [2.24, 2.45) is 0 Å². The molecule has 0 radical (unpaired) electrons. The van der Waals surface area contributed by atoms with E-state index in [1.165, 1.54) is 12.1 Å². The topological polar surface area (TPSA) is 38.3 Å². The average molecular weight is 351 g/mol. The minimum atomic E-state index is -0.307. The van der Waals surface area contributed by atoms with E-state index < -0.39 is 0 Å². The molecule has 0 aromatic heterocycles. The molecule has 1 N–H and O–H groups in total. The van der Waals surface area contributed by atoms with Crippen LogP contribution < -0.4 is 5.32 Å². The fraction of sp³-hybridized carbons (Fsp3) is 0.417. The molecule has 0 saturated heterocycles. The molecule has 0 unspecified atom stereocenters. The van der Waals surface area contributed by atoms with Gasteiger partial charge in [0.25, 0.3) is 0 Å². The third-order valence-electron chi connectivity index (χ3n) is 2.03. The summed E-state index contributed by atoms with van der Waals surface area (Å²) >= 11 is 1.98.